The number of rotatable bonds is 4. The molecule has 2 N–H and O–H groups in total. The first-order chi connectivity index (χ1) is 9.13. The van der Waals surface area contributed by atoms with E-state index in [2.05, 4.69) is 24.0 Å². The fourth-order valence-electron chi connectivity index (χ4n) is 2.61. The van der Waals surface area contributed by atoms with Crippen LogP contribution in [0.5, 0.6) is 0 Å². The molecule has 0 aromatic heterocycles. The van der Waals surface area contributed by atoms with Crippen LogP contribution in [0.25, 0.3) is 0 Å². The van der Waals surface area contributed by atoms with Crippen molar-refractivity contribution >= 4 is 5.91 Å². The van der Waals surface area contributed by atoms with Gasteiger partial charge >= 0.3 is 0 Å². The van der Waals surface area contributed by atoms with Crippen molar-refractivity contribution in [1.29, 1.82) is 0 Å². The Morgan fingerprint density at radius 2 is 2.00 bits per heavy atom. The molecular formula is C15H23N3O. The minimum atomic E-state index is -0.162. The standard InChI is InChI=1S/C15H23N3O/c1-12-11-18(14(10-16)15(19)17(12)2)9-8-13-6-4-3-5-7-13/h3-7,12,14H,8-11,16H2,1-2H3. The van der Waals surface area contributed by atoms with Gasteiger partial charge in [0.2, 0.25) is 5.91 Å². The Kier molecular flexibility index (Phi) is 4.56. The minimum Gasteiger partial charge on any atom is -0.340 e. The van der Waals surface area contributed by atoms with Gasteiger partial charge in [0.25, 0.3) is 0 Å². The quantitative estimate of drug-likeness (QED) is 0.869. The molecule has 1 amide bonds. The summed E-state index contributed by atoms with van der Waals surface area (Å²) in [6.45, 7) is 4.26. The van der Waals surface area contributed by atoms with Gasteiger partial charge in [-0.15, -0.1) is 0 Å². The van der Waals surface area contributed by atoms with Crippen LogP contribution in [0.15, 0.2) is 30.3 Å². The van der Waals surface area contributed by atoms with Crippen LogP contribution in [0.4, 0.5) is 0 Å². The van der Waals surface area contributed by atoms with E-state index in [1.165, 1.54) is 5.56 Å². The lowest BCUT2D eigenvalue weighted by atomic mass is 10.1. The predicted molar refractivity (Wildman–Crippen MR) is 76.8 cm³/mol. The van der Waals surface area contributed by atoms with E-state index >= 15 is 0 Å². The molecule has 4 heteroatoms. The number of benzene rings is 1. The average Bonchev–Trinajstić information content (AvgIpc) is 2.44. The Morgan fingerprint density at radius 1 is 1.32 bits per heavy atom. The second-order valence-corrected chi connectivity index (χ2v) is 5.28. The summed E-state index contributed by atoms with van der Waals surface area (Å²) in [5.41, 5.74) is 7.07. The van der Waals surface area contributed by atoms with Crippen LogP contribution in [-0.4, -0.2) is 54.5 Å². The molecule has 0 aliphatic carbocycles. The zero-order valence-corrected chi connectivity index (χ0v) is 11.7. The van der Waals surface area contributed by atoms with E-state index in [1.807, 2.05) is 30.1 Å². The molecule has 19 heavy (non-hydrogen) atoms. The third kappa shape index (κ3) is 3.14. The smallest absolute Gasteiger partial charge is 0.241 e. The Bertz CT molecular complexity index is 421. The largest absolute Gasteiger partial charge is 0.340 e. The van der Waals surface area contributed by atoms with Gasteiger partial charge in [-0.25, -0.2) is 0 Å². The number of nitrogens with two attached hydrogens (primary N) is 1. The highest BCUT2D eigenvalue weighted by Gasteiger charge is 2.35. The van der Waals surface area contributed by atoms with E-state index in [0.29, 0.717) is 6.54 Å². The van der Waals surface area contributed by atoms with Crippen LogP contribution in [0, 0.1) is 0 Å². The summed E-state index contributed by atoms with van der Waals surface area (Å²) in [4.78, 5) is 16.2. The fraction of sp³-hybridized carbons (Fsp3) is 0.533. The Balaban J connectivity index is 2.00. The van der Waals surface area contributed by atoms with Crippen molar-refractivity contribution < 1.29 is 4.79 Å². The number of hydrogen-bond donors (Lipinski definition) is 1. The first kappa shape index (κ1) is 14.0. The first-order valence-electron chi connectivity index (χ1n) is 6.88. The number of carbonyl (C=O) groups is 1. The maximum atomic E-state index is 12.2. The highest BCUT2D eigenvalue weighted by molar-refractivity contribution is 5.83. The van der Waals surface area contributed by atoms with Gasteiger partial charge < -0.3 is 10.6 Å². The van der Waals surface area contributed by atoms with Crippen molar-refractivity contribution in [2.24, 2.45) is 5.73 Å². The van der Waals surface area contributed by atoms with E-state index in [9.17, 15) is 4.79 Å². The van der Waals surface area contributed by atoms with Crippen molar-refractivity contribution in [3.63, 3.8) is 0 Å². The van der Waals surface area contributed by atoms with Crippen molar-refractivity contribution in [2.45, 2.75) is 25.4 Å². The van der Waals surface area contributed by atoms with E-state index < -0.39 is 0 Å². The molecule has 4 nitrogen and oxygen atoms in total. The number of amides is 1. The number of nitrogens with zero attached hydrogens (tertiary/aromatic N) is 2. The number of likely N-dealkylation sites (N-methyl/N-ethyl adjacent to an activating group) is 1. The van der Waals surface area contributed by atoms with Crippen molar-refractivity contribution in [3.8, 4) is 0 Å². The SMILES string of the molecule is CC1CN(CCc2ccccc2)C(CN)C(=O)N1C. The van der Waals surface area contributed by atoms with E-state index in [-0.39, 0.29) is 18.0 Å². The molecule has 2 rings (SSSR count). The second kappa shape index (κ2) is 6.17. The second-order valence-electron chi connectivity index (χ2n) is 5.28. The van der Waals surface area contributed by atoms with Crippen LogP contribution in [-0.2, 0) is 11.2 Å². The normalized spacial score (nSPS) is 24.8. The Hall–Kier alpha value is -1.39. The molecule has 0 spiro atoms. The van der Waals surface area contributed by atoms with Gasteiger partial charge in [0.15, 0.2) is 0 Å². The Morgan fingerprint density at radius 3 is 2.63 bits per heavy atom. The van der Waals surface area contributed by atoms with Crippen molar-refractivity contribution in [2.75, 3.05) is 26.7 Å². The van der Waals surface area contributed by atoms with E-state index in [1.54, 1.807) is 0 Å². The molecule has 0 bridgehead atoms. The summed E-state index contributed by atoms with van der Waals surface area (Å²) in [5, 5.41) is 0. The van der Waals surface area contributed by atoms with Crippen LogP contribution < -0.4 is 5.73 Å². The van der Waals surface area contributed by atoms with E-state index in [0.717, 1.165) is 19.5 Å². The molecule has 1 fully saturated rings. The van der Waals surface area contributed by atoms with Gasteiger partial charge in [0.05, 0.1) is 0 Å². The number of hydrogen-bond acceptors (Lipinski definition) is 3. The topological polar surface area (TPSA) is 49.6 Å². The summed E-state index contributed by atoms with van der Waals surface area (Å²) in [6, 6.07) is 10.5. The first-order valence-corrected chi connectivity index (χ1v) is 6.88. The molecule has 1 aliphatic heterocycles. The molecule has 2 atom stereocenters. The van der Waals surface area contributed by atoms with Crippen LogP contribution in [0.1, 0.15) is 12.5 Å². The monoisotopic (exact) mass is 261 g/mol. The lowest BCUT2D eigenvalue weighted by Crippen LogP contribution is -2.62. The van der Waals surface area contributed by atoms with Crippen LogP contribution in [0.3, 0.4) is 0 Å². The van der Waals surface area contributed by atoms with Gasteiger partial charge in [-0.2, -0.15) is 0 Å². The Labute approximate surface area is 115 Å². The van der Waals surface area contributed by atoms with Crippen LogP contribution >= 0.6 is 0 Å². The summed E-state index contributed by atoms with van der Waals surface area (Å²) < 4.78 is 0. The molecule has 1 aliphatic rings. The minimum absolute atomic E-state index is 0.148. The molecular weight excluding hydrogens is 238 g/mol. The van der Waals surface area contributed by atoms with Crippen molar-refractivity contribution in [3.05, 3.63) is 35.9 Å². The number of piperazine rings is 1. The van der Waals surface area contributed by atoms with Gasteiger partial charge in [0.1, 0.15) is 6.04 Å². The third-order valence-corrected chi connectivity index (χ3v) is 3.99. The highest BCUT2D eigenvalue weighted by atomic mass is 16.2. The van der Waals surface area contributed by atoms with E-state index in [4.69, 9.17) is 5.73 Å². The van der Waals surface area contributed by atoms with Gasteiger partial charge in [-0.3, -0.25) is 9.69 Å². The molecule has 1 saturated heterocycles. The fourth-order valence-corrected chi connectivity index (χ4v) is 2.61. The van der Waals surface area contributed by atoms with Gasteiger partial charge in [0, 0.05) is 32.7 Å². The maximum absolute atomic E-state index is 12.2. The molecule has 2 unspecified atom stereocenters. The lowest BCUT2D eigenvalue weighted by molar-refractivity contribution is -0.142. The predicted octanol–water partition coefficient (Wildman–Crippen LogP) is 0.719. The lowest BCUT2D eigenvalue weighted by Gasteiger charge is -2.42. The molecule has 104 valence electrons. The van der Waals surface area contributed by atoms with Crippen LogP contribution in [0.2, 0.25) is 0 Å². The maximum Gasteiger partial charge on any atom is 0.241 e. The molecule has 0 radical (unpaired) electrons. The summed E-state index contributed by atoms with van der Waals surface area (Å²) in [7, 11) is 1.87. The number of carbonyl (C=O) groups excluding carboxylic acids is 1. The molecule has 1 heterocycles. The summed E-state index contributed by atoms with van der Waals surface area (Å²) in [5.74, 6) is 0.148. The molecule has 0 saturated carbocycles. The highest BCUT2D eigenvalue weighted by Crippen LogP contribution is 2.15. The zero-order valence-electron chi connectivity index (χ0n) is 11.7. The zero-order chi connectivity index (χ0) is 13.8. The van der Waals surface area contributed by atoms with Crippen molar-refractivity contribution in [1.82, 2.24) is 9.80 Å². The molecule has 1 aromatic rings. The third-order valence-electron chi connectivity index (χ3n) is 3.99. The molecule has 1 aromatic carbocycles. The summed E-state index contributed by atoms with van der Waals surface area (Å²) in [6.07, 6.45) is 0.959. The van der Waals surface area contributed by atoms with Gasteiger partial charge in [-0.05, 0) is 18.9 Å². The summed E-state index contributed by atoms with van der Waals surface area (Å²) >= 11 is 0. The van der Waals surface area contributed by atoms with Gasteiger partial charge in [-0.1, -0.05) is 30.3 Å². The average molecular weight is 261 g/mol.